The zero-order valence-corrected chi connectivity index (χ0v) is 9.54. The number of hydrogen-bond donors (Lipinski definition) is 0. The van der Waals surface area contributed by atoms with Gasteiger partial charge in [-0.3, -0.25) is 0 Å². The molecule has 2 heterocycles. The molecular weight excluding hydrogens is 200 g/mol. The van der Waals surface area contributed by atoms with E-state index in [1.54, 1.807) is 0 Å². The van der Waals surface area contributed by atoms with E-state index in [4.69, 9.17) is 9.47 Å². The van der Waals surface area contributed by atoms with E-state index in [1.807, 2.05) is 13.8 Å². The van der Waals surface area contributed by atoms with Crippen LogP contribution in [0, 0.1) is 0 Å². The molecule has 0 saturated heterocycles. The summed E-state index contributed by atoms with van der Waals surface area (Å²) in [5, 5.41) is 0. The van der Waals surface area contributed by atoms with E-state index in [0.717, 1.165) is 22.6 Å². The van der Waals surface area contributed by atoms with Crippen molar-refractivity contribution in [3.63, 3.8) is 0 Å². The van der Waals surface area contributed by atoms with Crippen LogP contribution in [0.25, 0.3) is 11.5 Å². The van der Waals surface area contributed by atoms with Gasteiger partial charge in [-0.2, -0.15) is 0 Å². The Morgan fingerprint density at radius 1 is 0.875 bits per heavy atom. The number of ether oxygens (including phenoxy) is 2. The van der Waals surface area contributed by atoms with Crippen molar-refractivity contribution in [2.24, 2.45) is 0 Å². The number of fused-ring (bicyclic) bond motifs is 2. The molecule has 82 valence electrons. The van der Waals surface area contributed by atoms with Gasteiger partial charge in [-0.05, 0) is 26.0 Å². The van der Waals surface area contributed by atoms with Gasteiger partial charge in [0.2, 0.25) is 0 Å². The van der Waals surface area contributed by atoms with Crippen molar-refractivity contribution in [1.82, 2.24) is 0 Å². The summed E-state index contributed by atoms with van der Waals surface area (Å²) < 4.78 is 11.2. The van der Waals surface area contributed by atoms with Gasteiger partial charge in [0, 0.05) is 22.3 Å². The molecule has 0 N–H and O–H groups in total. The molecule has 0 aliphatic carbocycles. The van der Waals surface area contributed by atoms with Crippen LogP contribution in [-0.4, -0.2) is 0 Å². The summed E-state index contributed by atoms with van der Waals surface area (Å²) in [4.78, 5) is 0. The van der Waals surface area contributed by atoms with Gasteiger partial charge in [-0.25, -0.2) is 0 Å². The monoisotopic (exact) mass is 214 g/mol. The molecule has 1 aromatic carbocycles. The molecule has 0 amide bonds. The van der Waals surface area contributed by atoms with Gasteiger partial charge >= 0.3 is 0 Å². The fourth-order valence-electron chi connectivity index (χ4n) is 2.47. The van der Waals surface area contributed by atoms with E-state index in [2.05, 4.69) is 25.3 Å². The Morgan fingerprint density at radius 2 is 1.25 bits per heavy atom. The lowest BCUT2D eigenvalue weighted by molar-refractivity contribution is 0.208. The molecule has 0 aromatic heterocycles. The third-order valence-electron chi connectivity index (χ3n) is 3.34. The molecule has 2 aliphatic heterocycles. The fraction of sp³-hybridized carbons (Fsp3) is 0.286. The van der Waals surface area contributed by atoms with Crippen molar-refractivity contribution in [2.75, 3.05) is 0 Å². The predicted octanol–water partition coefficient (Wildman–Crippen LogP) is 3.81. The lowest BCUT2D eigenvalue weighted by atomic mass is 9.95. The molecule has 16 heavy (non-hydrogen) atoms. The normalized spacial score (nSPS) is 26.1. The molecule has 0 saturated carbocycles. The van der Waals surface area contributed by atoms with Crippen LogP contribution in [0.3, 0.4) is 0 Å². The van der Waals surface area contributed by atoms with Crippen LogP contribution >= 0.6 is 0 Å². The molecule has 2 atom stereocenters. The minimum Gasteiger partial charge on any atom is -0.486 e. The van der Waals surface area contributed by atoms with Gasteiger partial charge in [-0.15, -0.1) is 0 Å². The van der Waals surface area contributed by atoms with Crippen molar-refractivity contribution in [3.8, 4) is 0 Å². The zero-order chi connectivity index (χ0) is 11.4. The highest BCUT2D eigenvalue weighted by Crippen LogP contribution is 2.45. The molecule has 3 rings (SSSR count). The van der Waals surface area contributed by atoms with Crippen LogP contribution in [0.4, 0.5) is 0 Å². The summed E-state index contributed by atoms with van der Waals surface area (Å²) in [5.74, 6) is 1.52. The second-order valence-electron chi connectivity index (χ2n) is 4.39. The van der Waals surface area contributed by atoms with Gasteiger partial charge < -0.3 is 9.47 Å². The van der Waals surface area contributed by atoms with E-state index in [0.29, 0.717) is 0 Å². The van der Waals surface area contributed by atoms with Gasteiger partial charge in [0.25, 0.3) is 0 Å². The summed E-state index contributed by atoms with van der Waals surface area (Å²) in [6.07, 6.45) is 0.160. The van der Waals surface area contributed by atoms with Crippen LogP contribution in [0.15, 0.2) is 25.3 Å². The molecule has 2 heteroatoms. The largest absolute Gasteiger partial charge is 0.486 e. The van der Waals surface area contributed by atoms with Gasteiger partial charge in [0.15, 0.2) is 0 Å². The minimum atomic E-state index is 0.0801. The Labute approximate surface area is 95.2 Å². The molecule has 0 fully saturated rings. The maximum Gasteiger partial charge on any atom is 0.122 e. The van der Waals surface area contributed by atoms with Crippen LogP contribution in [0.1, 0.15) is 48.3 Å². The lowest BCUT2D eigenvalue weighted by Gasteiger charge is -2.05. The fourth-order valence-corrected chi connectivity index (χ4v) is 2.47. The van der Waals surface area contributed by atoms with E-state index in [9.17, 15) is 0 Å². The maximum absolute atomic E-state index is 5.62. The first kappa shape index (κ1) is 9.52. The first-order valence-electron chi connectivity index (χ1n) is 5.47. The highest BCUT2D eigenvalue weighted by atomic mass is 16.5. The van der Waals surface area contributed by atoms with Crippen LogP contribution < -0.4 is 0 Å². The first-order valence-corrected chi connectivity index (χ1v) is 5.47. The molecule has 0 radical (unpaired) electrons. The average molecular weight is 214 g/mol. The molecule has 2 nitrogen and oxygen atoms in total. The summed E-state index contributed by atoms with van der Waals surface area (Å²) in [5.41, 5.74) is 4.58. The summed E-state index contributed by atoms with van der Waals surface area (Å²) in [7, 11) is 0. The third-order valence-corrected chi connectivity index (χ3v) is 3.34. The Hall–Kier alpha value is -1.70. The smallest absolute Gasteiger partial charge is 0.122 e. The minimum absolute atomic E-state index is 0.0801. The first-order chi connectivity index (χ1) is 7.58. The van der Waals surface area contributed by atoms with Crippen molar-refractivity contribution in [2.45, 2.75) is 26.1 Å². The summed E-state index contributed by atoms with van der Waals surface area (Å²) in [6.45, 7) is 11.9. The third kappa shape index (κ3) is 1.07. The molecule has 1 aromatic rings. The lowest BCUT2D eigenvalue weighted by Crippen LogP contribution is -1.93. The Bertz CT molecular complexity index is 466. The Morgan fingerprint density at radius 3 is 1.62 bits per heavy atom. The quantitative estimate of drug-likeness (QED) is 0.653. The molecular formula is C14H14O2. The molecule has 2 aliphatic rings. The molecule has 2 unspecified atom stereocenters. The van der Waals surface area contributed by atoms with E-state index < -0.39 is 0 Å². The van der Waals surface area contributed by atoms with Crippen LogP contribution in [-0.2, 0) is 9.47 Å². The van der Waals surface area contributed by atoms with Gasteiger partial charge in [0.1, 0.15) is 23.7 Å². The standard InChI is InChI=1S/C14H14O2/c1-7-11-5-13-9(3)16-10(4)14(13)6-12(11)8(2)15-7/h5-6,8-9H,1,4H2,2-3H3. The summed E-state index contributed by atoms with van der Waals surface area (Å²) >= 11 is 0. The highest BCUT2D eigenvalue weighted by molar-refractivity contribution is 5.74. The average Bonchev–Trinajstić information content (AvgIpc) is 2.67. The van der Waals surface area contributed by atoms with E-state index in [-0.39, 0.29) is 12.2 Å². The van der Waals surface area contributed by atoms with Gasteiger partial charge in [0.05, 0.1) is 0 Å². The topological polar surface area (TPSA) is 18.5 Å². The predicted molar refractivity (Wildman–Crippen MR) is 63.5 cm³/mol. The molecule has 0 spiro atoms. The molecule has 0 bridgehead atoms. The van der Waals surface area contributed by atoms with Crippen molar-refractivity contribution in [3.05, 3.63) is 47.5 Å². The Kier molecular flexibility index (Phi) is 1.73. The SMILES string of the molecule is C=C1OC(C)c2cc3c(cc21)C(C)OC3=C. The summed E-state index contributed by atoms with van der Waals surface area (Å²) in [6, 6.07) is 4.25. The maximum atomic E-state index is 5.62. The van der Waals surface area contributed by atoms with Crippen molar-refractivity contribution >= 4 is 11.5 Å². The van der Waals surface area contributed by atoms with Gasteiger partial charge in [-0.1, -0.05) is 13.2 Å². The Balaban J connectivity index is 2.25. The number of benzene rings is 1. The number of rotatable bonds is 0. The van der Waals surface area contributed by atoms with E-state index in [1.165, 1.54) is 11.1 Å². The zero-order valence-electron chi connectivity index (χ0n) is 9.54. The van der Waals surface area contributed by atoms with Crippen molar-refractivity contribution < 1.29 is 9.47 Å². The van der Waals surface area contributed by atoms with Crippen molar-refractivity contribution in [1.29, 1.82) is 0 Å². The second kappa shape index (κ2) is 2.91. The number of hydrogen-bond acceptors (Lipinski definition) is 2. The van der Waals surface area contributed by atoms with Crippen LogP contribution in [0.5, 0.6) is 0 Å². The van der Waals surface area contributed by atoms with Crippen LogP contribution in [0.2, 0.25) is 0 Å². The van der Waals surface area contributed by atoms with E-state index >= 15 is 0 Å². The highest BCUT2D eigenvalue weighted by Gasteiger charge is 2.30. The second-order valence-corrected chi connectivity index (χ2v) is 4.39.